The molecule has 1 spiro atoms. The van der Waals surface area contributed by atoms with Gasteiger partial charge >= 0.3 is 0 Å². The van der Waals surface area contributed by atoms with Crippen LogP contribution in [0.1, 0.15) is 24.8 Å². The first kappa shape index (κ1) is 16.5. The topological polar surface area (TPSA) is 37.5 Å². The Morgan fingerprint density at radius 1 is 1.23 bits per heavy atom. The predicted molar refractivity (Wildman–Crippen MR) is 103 cm³/mol. The fourth-order valence-corrected chi connectivity index (χ4v) is 5.25. The van der Waals surface area contributed by atoms with E-state index >= 15 is 0 Å². The molecule has 4 nitrogen and oxygen atoms in total. The Hall–Kier alpha value is -1.62. The van der Waals surface area contributed by atoms with Crippen molar-refractivity contribution < 1.29 is 9.47 Å². The highest BCUT2D eigenvalue weighted by atomic mass is 16.7. The second-order valence-corrected chi connectivity index (χ2v) is 8.22. The summed E-state index contributed by atoms with van der Waals surface area (Å²) in [4.78, 5) is 5.99. The van der Waals surface area contributed by atoms with Gasteiger partial charge in [0.05, 0.1) is 13.2 Å². The van der Waals surface area contributed by atoms with E-state index in [1.54, 1.807) is 0 Å². The molecule has 3 heterocycles. The van der Waals surface area contributed by atoms with Crippen LogP contribution in [0, 0.1) is 11.8 Å². The minimum Gasteiger partial charge on any atom is -0.361 e. The molecule has 0 amide bonds. The van der Waals surface area contributed by atoms with Crippen LogP contribution in [0.5, 0.6) is 0 Å². The molecule has 0 bridgehead atoms. The highest BCUT2D eigenvalue weighted by molar-refractivity contribution is 5.83. The smallest absolute Gasteiger partial charge is 0.169 e. The minimum absolute atomic E-state index is 0.295. The molecule has 2 aliphatic heterocycles. The Morgan fingerprint density at radius 2 is 2.08 bits per heavy atom. The summed E-state index contributed by atoms with van der Waals surface area (Å²) in [6.45, 7) is 9.24. The van der Waals surface area contributed by atoms with Crippen LogP contribution in [0.3, 0.4) is 0 Å². The average molecular weight is 352 g/mol. The fraction of sp³-hybridized carbons (Fsp3) is 0.545. The number of rotatable bonds is 3. The molecule has 3 aliphatic rings. The summed E-state index contributed by atoms with van der Waals surface area (Å²) in [6, 6.07) is 8.58. The SMILES string of the molecule is C=C1CN(CCc2c[nH]c3ccccc23)C[C@H]2CCC3(C[C@H]12)OCCO3. The lowest BCUT2D eigenvalue weighted by atomic mass is 9.70. The Kier molecular flexibility index (Phi) is 4.15. The molecule has 138 valence electrons. The van der Waals surface area contributed by atoms with E-state index in [-0.39, 0.29) is 5.79 Å². The molecule has 3 fully saturated rings. The Morgan fingerprint density at radius 3 is 2.96 bits per heavy atom. The van der Waals surface area contributed by atoms with Crippen LogP contribution < -0.4 is 0 Å². The van der Waals surface area contributed by atoms with E-state index < -0.39 is 0 Å². The molecule has 2 aromatic rings. The summed E-state index contributed by atoms with van der Waals surface area (Å²) in [5, 5.41) is 1.36. The number of hydrogen-bond acceptors (Lipinski definition) is 3. The minimum atomic E-state index is -0.295. The molecule has 26 heavy (non-hydrogen) atoms. The molecule has 1 aromatic carbocycles. The molecule has 1 aliphatic carbocycles. The molecule has 1 N–H and O–H groups in total. The predicted octanol–water partition coefficient (Wildman–Crippen LogP) is 3.74. The molecule has 2 saturated heterocycles. The van der Waals surface area contributed by atoms with Crippen LogP contribution in [0.4, 0.5) is 0 Å². The van der Waals surface area contributed by atoms with Gasteiger partial charge in [0.25, 0.3) is 0 Å². The Balaban J connectivity index is 1.23. The zero-order valence-electron chi connectivity index (χ0n) is 15.4. The number of hydrogen-bond donors (Lipinski definition) is 1. The number of likely N-dealkylation sites (tertiary alicyclic amines) is 1. The first-order chi connectivity index (χ1) is 12.7. The molecule has 5 rings (SSSR count). The molecule has 1 aromatic heterocycles. The van der Waals surface area contributed by atoms with Crippen LogP contribution in [0.2, 0.25) is 0 Å². The maximum absolute atomic E-state index is 5.96. The molecule has 1 saturated carbocycles. The molecular weight excluding hydrogens is 324 g/mol. The normalized spacial score (nSPS) is 28.7. The van der Waals surface area contributed by atoms with E-state index in [1.807, 2.05) is 0 Å². The number of nitrogens with zero attached hydrogens (tertiary/aromatic N) is 1. The summed E-state index contributed by atoms with van der Waals surface area (Å²) in [6.07, 6.45) is 6.49. The van der Waals surface area contributed by atoms with Crippen molar-refractivity contribution in [3.63, 3.8) is 0 Å². The Bertz CT molecular complexity index is 805. The summed E-state index contributed by atoms with van der Waals surface area (Å²) in [5.41, 5.74) is 4.03. The lowest BCUT2D eigenvalue weighted by molar-refractivity contribution is -0.194. The quantitative estimate of drug-likeness (QED) is 0.855. The maximum Gasteiger partial charge on any atom is 0.169 e. The van der Waals surface area contributed by atoms with E-state index in [9.17, 15) is 0 Å². The summed E-state index contributed by atoms with van der Waals surface area (Å²) in [7, 11) is 0. The highest BCUT2D eigenvalue weighted by Crippen LogP contribution is 2.46. The number of piperidine rings is 1. The zero-order valence-corrected chi connectivity index (χ0v) is 15.4. The van der Waals surface area contributed by atoms with Gasteiger partial charge in [0.15, 0.2) is 5.79 Å². The van der Waals surface area contributed by atoms with Crippen molar-refractivity contribution in [3.05, 3.63) is 48.2 Å². The van der Waals surface area contributed by atoms with E-state index in [0.717, 1.165) is 45.6 Å². The van der Waals surface area contributed by atoms with Crippen LogP contribution in [-0.2, 0) is 15.9 Å². The number of nitrogens with one attached hydrogen (secondary N) is 1. The van der Waals surface area contributed by atoms with Gasteiger partial charge in [0.1, 0.15) is 0 Å². The first-order valence-corrected chi connectivity index (χ1v) is 9.95. The number of aromatic nitrogens is 1. The average Bonchev–Trinajstić information content (AvgIpc) is 3.28. The fourth-order valence-electron chi connectivity index (χ4n) is 5.25. The van der Waals surface area contributed by atoms with Crippen LogP contribution in [0.15, 0.2) is 42.6 Å². The van der Waals surface area contributed by atoms with Gasteiger partial charge < -0.3 is 14.5 Å². The van der Waals surface area contributed by atoms with Gasteiger partial charge in [-0.25, -0.2) is 0 Å². The lowest BCUT2D eigenvalue weighted by Crippen LogP contribution is -2.49. The zero-order chi connectivity index (χ0) is 17.6. The largest absolute Gasteiger partial charge is 0.361 e. The third kappa shape index (κ3) is 2.90. The van der Waals surface area contributed by atoms with Crippen LogP contribution in [-0.4, -0.2) is 48.5 Å². The van der Waals surface area contributed by atoms with Gasteiger partial charge in [-0.3, -0.25) is 4.90 Å². The second-order valence-electron chi connectivity index (χ2n) is 8.22. The van der Waals surface area contributed by atoms with Gasteiger partial charge in [-0.1, -0.05) is 30.4 Å². The molecule has 4 heteroatoms. The maximum atomic E-state index is 5.96. The Labute approximate surface area is 155 Å². The first-order valence-electron chi connectivity index (χ1n) is 9.95. The van der Waals surface area contributed by atoms with E-state index in [0.29, 0.717) is 11.8 Å². The van der Waals surface area contributed by atoms with E-state index in [1.165, 1.54) is 35.0 Å². The van der Waals surface area contributed by atoms with Crippen LogP contribution >= 0.6 is 0 Å². The van der Waals surface area contributed by atoms with Gasteiger partial charge in [-0.2, -0.15) is 0 Å². The van der Waals surface area contributed by atoms with Crippen LogP contribution in [0.25, 0.3) is 10.9 Å². The van der Waals surface area contributed by atoms with Gasteiger partial charge in [-0.05, 0) is 36.3 Å². The molecule has 2 atom stereocenters. The van der Waals surface area contributed by atoms with Gasteiger partial charge in [-0.15, -0.1) is 0 Å². The third-order valence-corrected chi connectivity index (χ3v) is 6.63. The monoisotopic (exact) mass is 352 g/mol. The van der Waals surface area contributed by atoms with Crippen molar-refractivity contribution >= 4 is 10.9 Å². The van der Waals surface area contributed by atoms with E-state index in [2.05, 4.69) is 46.9 Å². The number of ether oxygens (including phenoxy) is 2. The molecule has 0 unspecified atom stereocenters. The second kappa shape index (κ2) is 6.52. The van der Waals surface area contributed by atoms with Crippen molar-refractivity contribution in [2.75, 3.05) is 32.8 Å². The lowest BCUT2D eigenvalue weighted by Gasteiger charge is -2.47. The number of fused-ring (bicyclic) bond motifs is 2. The van der Waals surface area contributed by atoms with Crippen molar-refractivity contribution in [3.8, 4) is 0 Å². The van der Waals surface area contributed by atoms with Crippen molar-refractivity contribution in [2.45, 2.75) is 31.5 Å². The summed E-state index contributed by atoms with van der Waals surface area (Å²) < 4.78 is 11.9. The van der Waals surface area contributed by atoms with Crippen molar-refractivity contribution in [1.82, 2.24) is 9.88 Å². The van der Waals surface area contributed by atoms with Crippen molar-refractivity contribution in [2.24, 2.45) is 11.8 Å². The van der Waals surface area contributed by atoms with Crippen molar-refractivity contribution in [1.29, 1.82) is 0 Å². The summed E-state index contributed by atoms with van der Waals surface area (Å²) in [5.74, 6) is 0.972. The number of aromatic amines is 1. The van der Waals surface area contributed by atoms with E-state index in [4.69, 9.17) is 9.47 Å². The number of H-pyrrole nitrogens is 1. The van der Waals surface area contributed by atoms with Gasteiger partial charge in [0.2, 0.25) is 0 Å². The third-order valence-electron chi connectivity index (χ3n) is 6.63. The molecule has 0 radical (unpaired) electrons. The standard InChI is InChI=1S/C22H28N2O2/c1-16-14-24(9-7-17-13-23-21-5-3-2-4-19(17)21)15-18-6-8-22(12-20(16)18)25-10-11-26-22/h2-5,13,18,20,23H,1,6-12,14-15H2/t18-,20-/m1/s1. The number of benzene rings is 1. The summed E-state index contributed by atoms with van der Waals surface area (Å²) >= 11 is 0. The highest BCUT2D eigenvalue weighted by Gasteiger charge is 2.47. The van der Waals surface area contributed by atoms with Gasteiger partial charge in [0, 0.05) is 49.6 Å². The molecular formula is C22H28N2O2. The number of para-hydroxylation sites is 1.